The summed E-state index contributed by atoms with van der Waals surface area (Å²) >= 11 is 0. The number of allylic oxidation sites excluding steroid dienone is 12. The zero-order valence-electron chi connectivity index (χ0n) is 46.5. The van der Waals surface area contributed by atoms with E-state index < -0.39 is 86.7 Å². The number of rotatable bonds is 47. The second kappa shape index (κ2) is 47.4. The van der Waals surface area contributed by atoms with E-state index in [1.165, 1.54) is 96.3 Å². The molecule has 2 fully saturated rings. The summed E-state index contributed by atoms with van der Waals surface area (Å²) in [5, 5.41) is 72.4. The molecule has 2 rings (SSSR count). The van der Waals surface area contributed by atoms with E-state index in [2.05, 4.69) is 86.8 Å². The van der Waals surface area contributed by atoms with Crippen molar-refractivity contribution in [3.05, 3.63) is 72.9 Å². The van der Waals surface area contributed by atoms with Gasteiger partial charge in [0.25, 0.3) is 0 Å². The van der Waals surface area contributed by atoms with Crippen molar-refractivity contribution in [1.82, 2.24) is 0 Å². The lowest BCUT2D eigenvalue weighted by molar-refractivity contribution is -0.332. The van der Waals surface area contributed by atoms with Crippen LogP contribution < -0.4 is 0 Å². The summed E-state index contributed by atoms with van der Waals surface area (Å²) in [5.41, 5.74) is 0. The van der Waals surface area contributed by atoms with Crippen LogP contribution in [0.3, 0.4) is 0 Å². The molecule has 0 spiro atoms. The van der Waals surface area contributed by atoms with E-state index in [0.29, 0.717) is 13.0 Å². The number of carbonyl (C=O) groups excluding carboxylic acids is 1. The Morgan fingerprint density at radius 2 is 0.867 bits per heavy atom. The highest BCUT2D eigenvalue weighted by atomic mass is 16.7. The molecular formula is C61H106O14. The SMILES string of the molecule is CC/C=C\C/C=C\C/C=C\C/C=C\C/C=C\C/C=C\CCCCCCC(=O)OC(COCCCCCCCCCCCCCCCCCCCC)COC1OC(COC2OC(CO)C(O)C(O)C2O)C(O)C(O)C1O. The van der Waals surface area contributed by atoms with Gasteiger partial charge in [-0.15, -0.1) is 0 Å². The Hall–Kier alpha value is -2.57. The molecule has 0 saturated carbocycles. The summed E-state index contributed by atoms with van der Waals surface area (Å²) in [5.74, 6) is -0.399. The molecule has 0 amide bonds. The topological polar surface area (TPSA) is 214 Å². The first-order valence-electron chi connectivity index (χ1n) is 29.5. The molecule has 0 aromatic rings. The van der Waals surface area contributed by atoms with Crippen molar-refractivity contribution in [2.75, 3.05) is 33.0 Å². The predicted octanol–water partition coefficient (Wildman–Crippen LogP) is 10.6. The van der Waals surface area contributed by atoms with Crippen molar-refractivity contribution < 1.29 is 69.0 Å². The number of ether oxygens (including phenoxy) is 6. The second-order valence-corrected chi connectivity index (χ2v) is 20.4. The Morgan fingerprint density at radius 1 is 0.453 bits per heavy atom. The van der Waals surface area contributed by atoms with E-state index in [4.69, 9.17) is 28.4 Å². The standard InChI is InChI=1S/C61H106O14/c1-3-5-7-9-11-13-15-17-19-21-23-24-25-26-27-28-30-32-34-36-38-40-42-44-53(63)73-50(47-70-45-43-41-39-37-35-33-31-29-22-20-18-16-14-12-10-8-6-4-2)48-71-60-59(69)57(67)55(65)52(75-60)49-72-61-58(68)56(66)54(64)51(46-62)74-61/h5,7,11,13,17,19,23-24,26-27,30,32,50-52,54-62,64-69H,3-4,6,8-10,12,14-16,18,20-22,25,28-29,31,33-49H2,1-2H3/b7-5-,13-11-,19-17-,24-23-,27-26-,32-30-. The first-order valence-corrected chi connectivity index (χ1v) is 29.5. The first-order chi connectivity index (χ1) is 36.6. The Morgan fingerprint density at radius 3 is 1.36 bits per heavy atom. The third-order valence-electron chi connectivity index (χ3n) is 13.7. The van der Waals surface area contributed by atoms with Crippen LogP contribution >= 0.6 is 0 Å². The average Bonchev–Trinajstić information content (AvgIpc) is 3.41. The van der Waals surface area contributed by atoms with Crippen LogP contribution in [0.5, 0.6) is 0 Å². The molecule has 2 saturated heterocycles. The van der Waals surface area contributed by atoms with E-state index in [0.717, 1.165) is 83.5 Å². The Kier molecular flexibility index (Phi) is 43.3. The van der Waals surface area contributed by atoms with Gasteiger partial charge in [-0.2, -0.15) is 0 Å². The van der Waals surface area contributed by atoms with Crippen molar-refractivity contribution in [3.63, 3.8) is 0 Å². The number of hydrogen-bond acceptors (Lipinski definition) is 14. The van der Waals surface area contributed by atoms with Crippen LogP contribution in [0.25, 0.3) is 0 Å². The van der Waals surface area contributed by atoms with Crippen molar-refractivity contribution in [1.29, 1.82) is 0 Å². The number of carbonyl (C=O) groups is 1. The van der Waals surface area contributed by atoms with E-state index in [1.807, 2.05) is 0 Å². The zero-order chi connectivity index (χ0) is 54.4. The number of unbranched alkanes of at least 4 members (excludes halogenated alkanes) is 21. The lowest BCUT2D eigenvalue weighted by Gasteiger charge is -2.42. The van der Waals surface area contributed by atoms with Crippen molar-refractivity contribution >= 4 is 5.97 Å². The van der Waals surface area contributed by atoms with Crippen LogP contribution in [0.1, 0.15) is 206 Å². The molecule has 75 heavy (non-hydrogen) atoms. The number of esters is 1. The van der Waals surface area contributed by atoms with Gasteiger partial charge >= 0.3 is 5.97 Å². The molecule has 7 N–H and O–H groups in total. The van der Waals surface area contributed by atoms with Crippen LogP contribution in [0.2, 0.25) is 0 Å². The fourth-order valence-corrected chi connectivity index (χ4v) is 9.00. The maximum atomic E-state index is 13.1. The highest BCUT2D eigenvalue weighted by molar-refractivity contribution is 5.69. The Labute approximate surface area is 453 Å². The van der Waals surface area contributed by atoms with Gasteiger partial charge in [-0.1, -0.05) is 209 Å². The van der Waals surface area contributed by atoms with Gasteiger partial charge in [-0.05, 0) is 64.2 Å². The average molecular weight is 1060 g/mol. The number of aliphatic hydroxyl groups excluding tert-OH is 7. The van der Waals surface area contributed by atoms with Gasteiger partial charge in [-0.25, -0.2) is 0 Å². The van der Waals surface area contributed by atoms with Crippen LogP contribution in [0.15, 0.2) is 72.9 Å². The molecule has 434 valence electrons. The summed E-state index contributed by atoms with van der Waals surface area (Å²) in [7, 11) is 0. The van der Waals surface area contributed by atoms with Gasteiger partial charge in [0.1, 0.15) is 54.9 Å². The molecule has 2 aliphatic rings. The maximum Gasteiger partial charge on any atom is 0.306 e. The van der Waals surface area contributed by atoms with E-state index >= 15 is 0 Å². The van der Waals surface area contributed by atoms with E-state index in [1.54, 1.807) is 0 Å². The Bertz CT molecular complexity index is 1510. The lowest BCUT2D eigenvalue weighted by atomic mass is 9.98. The highest BCUT2D eigenvalue weighted by Crippen LogP contribution is 2.27. The van der Waals surface area contributed by atoms with Gasteiger partial charge in [0.15, 0.2) is 12.6 Å². The molecule has 0 aromatic carbocycles. The first kappa shape index (κ1) is 68.5. The molecule has 0 aromatic heterocycles. The largest absolute Gasteiger partial charge is 0.457 e. The quantitative estimate of drug-likeness (QED) is 0.0172. The molecule has 0 radical (unpaired) electrons. The van der Waals surface area contributed by atoms with Crippen molar-refractivity contribution in [2.24, 2.45) is 0 Å². The highest BCUT2D eigenvalue weighted by Gasteiger charge is 2.47. The summed E-state index contributed by atoms with van der Waals surface area (Å²) in [6, 6.07) is 0. The van der Waals surface area contributed by atoms with Crippen LogP contribution in [0.4, 0.5) is 0 Å². The second-order valence-electron chi connectivity index (χ2n) is 20.4. The molecule has 11 unspecified atom stereocenters. The Balaban J connectivity index is 1.73. The monoisotopic (exact) mass is 1060 g/mol. The molecule has 2 heterocycles. The normalized spacial score (nSPS) is 25.1. The molecule has 2 aliphatic heterocycles. The van der Waals surface area contributed by atoms with Crippen LogP contribution in [-0.2, 0) is 33.2 Å². The molecular weight excluding hydrogens is 957 g/mol. The molecule has 0 aliphatic carbocycles. The molecule has 11 atom stereocenters. The predicted molar refractivity (Wildman–Crippen MR) is 298 cm³/mol. The van der Waals surface area contributed by atoms with E-state index in [9.17, 15) is 40.5 Å². The van der Waals surface area contributed by atoms with Gasteiger partial charge < -0.3 is 64.2 Å². The smallest absolute Gasteiger partial charge is 0.306 e. The van der Waals surface area contributed by atoms with Gasteiger partial charge in [-0.3, -0.25) is 4.79 Å². The summed E-state index contributed by atoms with van der Waals surface area (Å²) < 4.78 is 34.4. The number of aliphatic hydroxyl groups is 7. The number of hydrogen-bond donors (Lipinski definition) is 7. The maximum absolute atomic E-state index is 13.1. The van der Waals surface area contributed by atoms with Gasteiger partial charge in [0, 0.05) is 13.0 Å². The third kappa shape index (κ3) is 34.1. The lowest BCUT2D eigenvalue weighted by Crippen LogP contribution is -2.61. The fourth-order valence-electron chi connectivity index (χ4n) is 9.00. The fraction of sp³-hybridized carbons (Fsp3) is 0.787. The van der Waals surface area contributed by atoms with E-state index in [-0.39, 0.29) is 19.6 Å². The summed E-state index contributed by atoms with van der Waals surface area (Å²) in [4.78, 5) is 13.1. The van der Waals surface area contributed by atoms with Crippen molar-refractivity contribution in [3.8, 4) is 0 Å². The zero-order valence-corrected chi connectivity index (χ0v) is 46.5. The van der Waals surface area contributed by atoms with Crippen molar-refractivity contribution in [2.45, 2.75) is 274 Å². The minimum Gasteiger partial charge on any atom is -0.457 e. The third-order valence-corrected chi connectivity index (χ3v) is 13.7. The summed E-state index contributed by atoms with van der Waals surface area (Å²) in [6.45, 7) is 3.56. The van der Waals surface area contributed by atoms with Crippen LogP contribution in [0, 0.1) is 0 Å². The van der Waals surface area contributed by atoms with Gasteiger partial charge in [0.2, 0.25) is 0 Å². The molecule has 14 nitrogen and oxygen atoms in total. The summed E-state index contributed by atoms with van der Waals surface area (Å²) in [6.07, 6.45) is 43.8. The molecule has 14 heteroatoms. The minimum atomic E-state index is -1.71. The minimum absolute atomic E-state index is 0.0499. The molecule has 0 bridgehead atoms. The van der Waals surface area contributed by atoms with Gasteiger partial charge in [0.05, 0.1) is 26.4 Å². The van der Waals surface area contributed by atoms with Crippen LogP contribution in [-0.4, -0.2) is 142 Å².